The predicted molar refractivity (Wildman–Crippen MR) is 141 cm³/mol. The van der Waals surface area contributed by atoms with E-state index in [-0.39, 0.29) is 11.7 Å². The van der Waals surface area contributed by atoms with Crippen LogP contribution < -0.4 is 14.8 Å². The Kier molecular flexibility index (Phi) is 7.86. The summed E-state index contributed by atoms with van der Waals surface area (Å²) >= 11 is 1.23. The minimum Gasteiger partial charge on any atom is -0.497 e. The van der Waals surface area contributed by atoms with Crippen LogP contribution in [0.3, 0.4) is 0 Å². The molecule has 4 aromatic rings. The number of nitrogens with zero attached hydrogens (tertiary/aromatic N) is 4. The van der Waals surface area contributed by atoms with E-state index in [9.17, 15) is 8.78 Å². The summed E-state index contributed by atoms with van der Waals surface area (Å²) in [6, 6.07) is 13.8. The third kappa shape index (κ3) is 6.03. The number of rotatable bonds is 10. The lowest BCUT2D eigenvalue weighted by Crippen LogP contribution is -2.25. The monoisotopic (exact) mass is 523 g/mol. The van der Waals surface area contributed by atoms with Crippen LogP contribution in [0.5, 0.6) is 11.5 Å². The van der Waals surface area contributed by atoms with Gasteiger partial charge < -0.3 is 14.8 Å². The van der Waals surface area contributed by atoms with Gasteiger partial charge in [0.25, 0.3) is 0 Å². The Morgan fingerprint density at radius 1 is 1.08 bits per heavy atom. The molecule has 0 amide bonds. The average Bonchev–Trinajstić information content (AvgIpc) is 3.60. The second kappa shape index (κ2) is 11.6. The van der Waals surface area contributed by atoms with Crippen molar-refractivity contribution in [2.24, 2.45) is 0 Å². The third-order valence-corrected chi connectivity index (χ3v) is 7.11. The number of aromatic nitrogens is 3. The van der Waals surface area contributed by atoms with Crippen molar-refractivity contribution in [2.45, 2.75) is 19.5 Å². The fourth-order valence-corrected chi connectivity index (χ4v) is 5.13. The number of hydrogen-bond acceptors (Lipinski definition) is 8. The van der Waals surface area contributed by atoms with Gasteiger partial charge in [-0.2, -0.15) is 0 Å². The van der Waals surface area contributed by atoms with E-state index in [2.05, 4.69) is 25.2 Å². The molecule has 0 unspecified atom stereocenters. The Morgan fingerprint density at radius 3 is 2.73 bits per heavy atom. The van der Waals surface area contributed by atoms with Crippen molar-refractivity contribution in [3.8, 4) is 33.3 Å². The summed E-state index contributed by atoms with van der Waals surface area (Å²) in [5.74, 6) is 0.712. The second-order valence-electron chi connectivity index (χ2n) is 8.58. The van der Waals surface area contributed by atoms with Crippen molar-refractivity contribution in [1.29, 1.82) is 0 Å². The summed E-state index contributed by atoms with van der Waals surface area (Å²) in [4.78, 5) is 16.4. The highest BCUT2D eigenvalue weighted by Crippen LogP contribution is 2.37. The number of ether oxygens (including phenoxy) is 2. The molecule has 10 heteroatoms. The van der Waals surface area contributed by atoms with Crippen LogP contribution in [0.1, 0.15) is 17.8 Å². The van der Waals surface area contributed by atoms with Gasteiger partial charge in [-0.25, -0.2) is 23.7 Å². The first-order chi connectivity index (χ1) is 18.1. The molecule has 1 N–H and O–H groups in total. The Balaban J connectivity index is 1.33. The second-order valence-corrected chi connectivity index (χ2v) is 9.67. The summed E-state index contributed by atoms with van der Waals surface area (Å²) < 4.78 is 39.2. The van der Waals surface area contributed by atoms with Gasteiger partial charge in [-0.15, -0.1) is 11.3 Å². The summed E-state index contributed by atoms with van der Waals surface area (Å²) in [6.45, 7) is 2.71. The highest BCUT2D eigenvalue weighted by atomic mass is 32.1. The highest BCUT2D eigenvalue weighted by molar-refractivity contribution is 7.15. The van der Waals surface area contributed by atoms with Crippen LogP contribution in [0, 0.1) is 5.82 Å². The van der Waals surface area contributed by atoms with Gasteiger partial charge >= 0.3 is 0 Å². The van der Waals surface area contributed by atoms with Gasteiger partial charge in [0.1, 0.15) is 24.0 Å². The van der Waals surface area contributed by atoms with Crippen LogP contribution >= 0.6 is 11.3 Å². The van der Waals surface area contributed by atoms with Crippen molar-refractivity contribution >= 4 is 23.0 Å². The molecule has 37 heavy (non-hydrogen) atoms. The number of nitrogens with one attached hydrogen (secondary N) is 1. The lowest BCUT2D eigenvalue weighted by Gasteiger charge is -2.15. The fraction of sp³-hybridized carbons (Fsp3) is 0.296. The Hall–Kier alpha value is -3.63. The molecule has 0 bridgehead atoms. The van der Waals surface area contributed by atoms with Gasteiger partial charge in [-0.05, 0) is 56.3 Å². The number of likely N-dealkylation sites (tertiary alicyclic amines) is 1. The van der Waals surface area contributed by atoms with Gasteiger partial charge in [0.15, 0.2) is 11.6 Å². The van der Waals surface area contributed by atoms with Gasteiger partial charge in [-0.1, -0.05) is 12.1 Å². The first-order valence-electron chi connectivity index (χ1n) is 12.1. The van der Waals surface area contributed by atoms with Gasteiger partial charge in [0, 0.05) is 30.1 Å². The molecule has 3 heterocycles. The average molecular weight is 524 g/mol. The number of thiazole rings is 1. The lowest BCUT2D eigenvalue weighted by atomic mass is 10.1. The minimum atomic E-state index is -0.677. The normalized spacial score (nSPS) is 13.6. The summed E-state index contributed by atoms with van der Waals surface area (Å²) in [5, 5.41) is 3.40. The Bertz CT molecular complexity index is 1360. The molecule has 0 radical (unpaired) electrons. The zero-order valence-electron chi connectivity index (χ0n) is 20.4. The van der Waals surface area contributed by atoms with E-state index < -0.39 is 12.5 Å². The predicted octanol–water partition coefficient (Wildman–Crippen LogP) is 6.10. The molecule has 192 valence electrons. The molecule has 0 saturated carbocycles. The van der Waals surface area contributed by atoms with Gasteiger partial charge in [-0.3, -0.25) is 4.90 Å². The van der Waals surface area contributed by atoms with Crippen LogP contribution in [0.2, 0.25) is 0 Å². The molecule has 0 aliphatic carbocycles. The van der Waals surface area contributed by atoms with Crippen LogP contribution in [0.15, 0.2) is 54.7 Å². The number of halogens is 2. The largest absolute Gasteiger partial charge is 0.497 e. The smallest absolute Gasteiger partial charge is 0.227 e. The number of anilines is 2. The van der Waals surface area contributed by atoms with Crippen molar-refractivity contribution in [3.05, 3.63) is 65.6 Å². The first-order valence-corrected chi connectivity index (χ1v) is 12.9. The molecular formula is C27H27F2N5O2S. The van der Waals surface area contributed by atoms with E-state index >= 15 is 0 Å². The molecule has 5 rings (SSSR count). The number of benzene rings is 2. The maximum absolute atomic E-state index is 14.7. The number of alkyl halides is 1. The van der Waals surface area contributed by atoms with Crippen LogP contribution in [0.25, 0.3) is 21.8 Å². The van der Waals surface area contributed by atoms with Crippen LogP contribution in [0.4, 0.5) is 20.4 Å². The van der Waals surface area contributed by atoms with E-state index in [1.54, 1.807) is 31.5 Å². The summed E-state index contributed by atoms with van der Waals surface area (Å²) in [7, 11) is 1.59. The van der Waals surface area contributed by atoms with E-state index in [0.717, 1.165) is 25.2 Å². The number of methoxy groups -OCH3 is 1. The molecular weight excluding hydrogens is 496 g/mol. The Morgan fingerprint density at radius 2 is 1.95 bits per heavy atom. The van der Waals surface area contributed by atoms with Crippen LogP contribution in [-0.2, 0) is 6.67 Å². The van der Waals surface area contributed by atoms with E-state index in [1.165, 1.54) is 30.2 Å². The van der Waals surface area contributed by atoms with Crippen LogP contribution in [-0.4, -0.2) is 53.2 Å². The maximum Gasteiger partial charge on any atom is 0.227 e. The van der Waals surface area contributed by atoms with Crippen molar-refractivity contribution in [3.63, 3.8) is 0 Å². The third-order valence-electron chi connectivity index (χ3n) is 6.07. The zero-order valence-corrected chi connectivity index (χ0v) is 21.2. The van der Waals surface area contributed by atoms with Gasteiger partial charge in [0.05, 0.1) is 23.4 Å². The van der Waals surface area contributed by atoms with E-state index in [1.807, 2.05) is 24.3 Å². The quantitative estimate of drug-likeness (QED) is 0.269. The van der Waals surface area contributed by atoms with Crippen molar-refractivity contribution in [1.82, 2.24) is 19.9 Å². The minimum absolute atomic E-state index is 0.214. The van der Waals surface area contributed by atoms with Crippen molar-refractivity contribution in [2.75, 3.05) is 38.7 Å². The first kappa shape index (κ1) is 25.0. The molecule has 1 aliphatic heterocycles. The topological polar surface area (TPSA) is 72.4 Å². The molecule has 2 aromatic heterocycles. The SMILES string of the molecule is COc1cccc(-c2nc(CF)sc2-c2ccnc(Nc3ccc(OCCN4CCCC4)c(F)c3)n2)c1. The zero-order chi connectivity index (χ0) is 25.6. The van der Waals surface area contributed by atoms with E-state index in [0.29, 0.717) is 39.3 Å². The molecule has 7 nitrogen and oxygen atoms in total. The van der Waals surface area contributed by atoms with E-state index in [4.69, 9.17) is 9.47 Å². The Labute approximate surface area is 218 Å². The summed E-state index contributed by atoms with van der Waals surface area (Å²) in [6.07, 6.45) is 4.02. The maximum atomic E-state index is 14.7. The van der Waals surface area contributed by atoms with Crippen molar-refractivity contribution < 1.29 is 18.3 Å². The summed E-state index contributed by atoms with van der Waals surface area (Å²) in [5.41, 5.74) is 2.47. The lowest BCUT2D eigenvalue weighted by molar-refractivity contribution is 0.231. The highest BCUT2D eigenvalue weighted by Gasteiger charge is 2.18. The fourth-order valence-electron chi connectivity index (χ4n) is 4.22. The molecule has 1 saturated heterocycles. The standard InChI is InChI=1S/C27H27F2N5O2S/c1-35-20-6-4-5-18(15-20)25-26(37-24(17-28)33-25)22-9-10-30-27(32-22)31-19-7-8-23(21(29)16-19)36-14-13-34-11-2-3-12-34/h4-10,15-16H,2-3,11-14,17H2,1H3,(H,30,31,32). The molecule has 0 atom stereocenters. The molecule has 1 aliphatic rings. The molecule has 2 aromatic carbocycles. The molecule has 0 spiro atoms. The van der Waals surface area contributed by atoms with Gasteiger partial charge in [0.2, 0.25) is 5.95 Å². The number of hydrogen-bond donors (Lipinski definition) is 1. The molecule has 1 fully saturated rings.